The Morgan fingerprint density at radius 2 is 1.54 bits per heavy atom. The van der Waals surface area contributed by atoms with E-state index in [1.54, 1.807) is 0 Å². The summed E-state index contributed by atoms with van der Waals surface area (Å²) in [4.78, 5) is 29.3. The third-order valence-corrected chi connectivity index (χ3v) is 9.18. The average molecular weight is 475 g/mol. The summed E-state index contributed by atoms with van der Waals surface area (Å²) >= 11 is 0. The fraction of sp³-hybridized carbons (Fsp3) is 0.586. The van der Waals surface area contributed by atoms with Crippen LogP contribution >= 0.6 is 0 Å². The summed E-state index contributed by atoms with van der Waals surface area (Å²) in [5, 5.41) is 7.61. The molecule has 2 saturated carbocycles. The van der Waals surface area contributed by atoms with Crippen LogP contribution in [0.1, 0.15) is 38.5 Å². The normalized spacial score (nSPS) is 28.2. The SMILES string of the molecule is O=C(NCCCCN1CCCC1)[C@H]1[C@H](C(=O)NCCn2ccc3ccccc32)[C@@H]2C=C[C@H]1C21CC1. The quantitative estimate of drug-likeness (QED) is 0.409. The zero-order valence-electron chi connectivity index (χ0n) is 20.6. The standard InChI is InChI=1S/C29H38N4O2/c34-27(30-14-3-4-16-32-17-5-6-18-32)25-22-9-10-23(29(22)12-13-29)26(25)28(35)31-15-20-33-19-11-21-7-1-2-8-24(21)33/h1-2,7-11,19,22-23,25-26H,3-6,12-18,20H2,(H,30,34)(H,31,35)/t22-,23+,25-,26-/m1/s1. The Balaban J connectivity index is 1.04. The minimum Gasteiger partial charge on any atom is -0.356 e. The van der Waals surface area contributed by atoms with Gasteiger partial charge in [0, 0.05) is 31.3 Å². The first-order chi connectivity index (χ1) is 17.2. The van der Waals surface area contributed by atoms with Crippen molar-refractivity contribution in [2.75, 3.05) is 32.7 Å². The van der Waals surface area contributed by atoms with E-state index in [1.807, 2.05) is 12.1 Å². The van der Waals surface area contributed by atoms with Gasteiger partial charge in [-0.25, -0.2) is 0 Å². The van der Waals surface area contributed by atoms with Gasteiger partial charge in [0.05, 0.1) is 11.8 Å². The van der Waals surface area contributed by atoms with E-state index in [-0.39, 0.29) is 40.9 Å². The molecule has 0 unspecified atom stereocenters. The van der Waals surface area contributed by atoms with Crippen LogP contribution in [0.5, 0.6) is 0 Å². The second-order valence-electron chi connectivity index (χ2n) is 11.1. The predicted molar refractivity (Wildman–Crippen MR) is 138 cm³/mol. The average Bonchev–Trinajstić information content (AvgIpc) is 3.17. The summed E-state index contributed by atoms with van der Waals surface area (Å²) in [7, 11) is 0. The molecule has 6 heteroatoms. The Morgan fingerprint density at radius 1 is 0.857 bits per heavy atom. The van der Waals surface area contributed by atoms with Crippen LogP contribution in [-0.2, 0) is 16.1 Å². The summed E-state index contributed by atoms with van der Waals surface area (Å²) in [6.07, 6.45) is 13.6. The Morgan fingerprint density at radius 3 is 2.26 bits per heavy atom. The zero-order chi connectivity index (χ0) is 23.8. The van der Waals surface area contributed by atoms with Crippen LogP contribution < -0.4 is 10.6 Å². The molecule has 3 fully saturated rings. The second kappa shape index (κ2) is 9.45. The largest absolute Gasteiger partial charge is 0.356 e. The molecule has 1 aliphatic heterocycles. The van der Waals surface area contributed by atoms with E-state index in [9.17, 15) is 9.59 Å². The van der Waals surface area contributed by atoms with Gasteiger partial charge in [-0.1, -0.05) is 30.4 Å². The third-order valence-electron chi connectivity index (χ3n) is 9.18. The van der Waals surface area contributed by atoms with Gasteiger partial charge in [0.25, 0.3) is 0 Å². The van der Waals surface area contributed by atoms with Crippen molar-refractivity contribution in [1.29, 1.82) is 0 Å². The first kappa shape index (κ1) is 22.8. The number of nitrogens with zero attached hydrogens (tertiary/aromatic N) is 2. The highest BCUT2D eigenvalue weighted by Crippen LogP contribution is 2.72. The van der Waals surface area contributed by atoms with Crippen molar-refractivity contribution in [1.82, 2.24) is 20.1 Å². The number of likely N-dealkylation sites (tertiary alicyclic amines) is 1. The van der Waals surface area contributed by atoms with Gasteiger partial charge in [0.1, 0.15) is 0 Å². The van der Waals surface area contributed by atoms with Crippen molar-refractivity contribution < 1.29 is 9.59 Å². The summed E-state index contributed by atoms with van der Waals surface area (Å²) in [5.74, 6) is 0.119. The first-order valence-electron chi connectivity index (χ1n) is 13.7. The molecule has 186 valence electrons. The summed E-state index contributed by atoms with van der Waals surface area (Å²) in [6, 6.07) is 10.4. The van der Waals surface area contributed by atoms with Crippen LogP contribution in [0.3, 0.4) is 0 Å². The number of carbonyl (C=O) groups is 2. The van der Waals surface area contributed by atoms with Gasteiger partial charge in [0.15, 0.2) is 0 Å². The number of amides is 2. The molecule has 35 heavy (non-hydrogen) atoms. The summed E-state index contributed by atoms with van der Waals surface area (Å²) in [5.41, 5.74) is 1.36. The fourth-order valence-electron chi connectivity index (χ4n) is 7.26. The number of unbranched alkanes of at least 4 members (excludes halogenated alkanes) is 1. The number of benzene rings is 1. The molecule has 2 aromatic rings. The van der Waals surface area contributed by atoms with Crippen molar-refractivity contribution >= 4 is 22.7 Å². The number of rotatable bonds is 10. The highest BCUT2D eigenvalue weighted by Gasteiger charge is 2.69. The molecule has 0 radical (unpaired) electrons. The lowest BCUT2D eigenvalue weighted by Gasteiger charge is -2.26. The van der Waals surface area contributed by atoms with Crippen molar-refractivity contribution in [3.63, 3.8) is 0 Å². The minimum absolute atomic E-state index is 0.0544. The maximum Gasteiger partial charge on any atom is 0.224 e. The fourth-order valence-corrected chi connectivity index (χ4v) is 7.26. The van der Waals surface area contributed by atoms with Crippen molar-refractivity contribution in [2.24, 2.45) is 29.1 Å². The number of allylic oxidation sites excluding steroid dienone is 2. The van der Waals surface area contributed by atoms with Crippen LogP contribution in [0.2, 0.25) is 0 Å². The van der Waals surface area contributed by atoms with Crippen molar-refractivity contribution in [3.8, 4) is 0 Å². The van der Waals surface area contributed by atoms with E-state index >= 15 is 0 Å². The molecule has 1 spiro atoms. The maximum atomic E-state index is 13.4. The zero-order valence-corrected chi connectivity index (χ0v) is 20.6. The maximum absolute atomic E-state index is 13.4. The molecule has 6 rings (SSSR count). The van der Waals surface area contributed by atoms with E-state index in [0.29, 0.717) is 13.1 Å². The van der Waals surface area contributed by atoms with Crippen LogP contribution in [-0.4, -0.2) is 54.0 Å². The lowest BCUT2D eigenvalue weighted by molar-refractivity contribution is -0.135. The Bertz CT molecular complexity index is 1110. The molecule has 1 saturated heterocycles. The van der Waals surface area contributed by atoms with Gasteiger partial charge in [0.2, 0.25) is 11.8 Å². The highest BCUT2D eigenvalue weighted by atomic mass is 16.2. The monoisotopic (exact) mass is 474 g/mol. The van der Waals surface area contributed by atoms with Crippen LogP contribution in [0, 0.1) is 29.1 Å². The van der Waals surface area contributed by atoms with Crippen LogP contribution in [0.25, 0.3) is 10.9 Å². The van der Waals surface area contributed by atoms with Crippen LogP contribution in [0.4, 0.5) is 0 Å². The molecule has 3 aliphatic carbocycles. The molecule has 2 bridgehead atoms. The summed E-state index contributed by atoms with van der Waals surface area (Å²) in [6.45, 7) is 5.61. The first-order valence-corrected chi connectivity index (χ1v) is 13.7. The summed E-state index contributed by atoms with van der Waals surface area (Å²) < 4.78 is 2.19. The van der Waals surface area contributed by atoms with E-state index in [4.69, 9.17) is 0 Å². The topological polar surface area (TPSA) is 66.4 Å². The molecule has 4 aliphatic rings. The van der Waals surface area contributed by atoms with E-state index in [2.05, 4.69) is 56.6 Å². The van der Waals surface area contributed by atoms with Crippen LogP contribution in [0.15, 0.2) is 48.7 Å². The van der Waals surface area contributed by atoms with Gasteiger partial charge in [-0.05, 0) is 92.9 Å². The Kier molecular flexibility index (Phi) is 6.17. The highest BCUT2D eigenvalue weighted by molar-refractivity contribution is 5.90. The molecule has 1 aromatic carbocycles. The van der Waals surface area contributed by atoms with Gasteiger partial charge in [-0.15, -0.1) is 0 Å². The number of fused-ring (bicyclic) bond motifs is 1. The molecule has 2 heterocycles. The Hall–Kier alpha value is -2.60. The van der Waals surface area contributed by atoms with E-state index in [0.717, 1.165) is 38.8 Å². The van der Waals surface area contributed by atoms with Gasteiger partial charge >= 0.3 is 0 Å². The number of nitrogens with one attached hydrogen (secondary N) is 2. The minimum atomic E-state index is -0.237. The molecular weight excluding hydrogens is 436 g/mol. The molecule has 6 nitrogen and oxygen atoms in total. The van der Waals surface area contributed by atoms with E-state index in [1.165, 1.54) is 36.8 Å². The molecular formula is C29H38N4O2. The van der Waals surface area contributed by atoms with Gasteiger partial charge in [-0.3, -0.25) is 9.59 Å². The molecule has 2 amide bonds. The number of hydrogen-bond donors (Lipinski definition) is 2. The smallest absolute Gasteiger partial charge is 0.224 e. The van der Waals surface area contributed by atoms with Crippen molar-refractivity contribution in [2.45, 2.75) is 45.1 Å². The number of hydrogen-bond acceptors (Lipinski definition) is 3. The molecule has 2 N–H and O–H groups in total. The third kappa shape index (κ3) is 4.20. The predicted octanol–water partition coefficient (Wildman–Crippen LogP) is 3.58. The van der Waals surface area contributed by atoms with E-state index < -0.39 is 0 Å². The number of para-hydroxylation sites is 1. The number of carbonyl (C=O) groups excluding carboxylic acids is 2. The van der Waals surface area contributed by atoms with Gasteiger partial charge in [-0.2, -0.15) is 0 Å². The lowest BCUT2D eigenvalue weighted by Crippen LogP contribution is -2.44. The lowest BCUT2D eigenvalue weighted by atomic mass is 9.81. The van der Waals surface area contributed by atoms with Gasteiger partial charge < -0.3 is 20.1 Å². The molecule has 4 atom stereocenters. The number of aromatic nitrogens is 1. The second-order valence-corrected chi connectivity index (χ2v) is 11.1. The Labute approximate surface area is 208 Å². The molecule has 1 aromatic heterocycles. The van der Waals surface area contributed by atoms with Crippen molar-refractivity contribution in [3.05, 3.63) is 48.7 Å².